The minimum Gasteiger partial charge on any atom is -0.375 e. The molecule has 4 nitrogen and oxygen atoms in total. The van der Waals surface area contributed by atoms with E-state index in [1.165, 1.54) is 4.88 Å². The van der Waals surface area contributed by atoms with Crippen LogP contribution in [0.5, 0.6) is 0 Å². The molecule has 1 saturated heterocycles. The maximum atomic E-state index is 5.84. The molecule has 1 aliphatic heterocycles. The summed E-state index contributed by atoms with van der Waals surface area (Å²) in [4.78, 5) is 7.70. The summed E-state index contributed by atoms with van der Waals surface area (Å²) in [6.07, 6.45) is 4.08. The van der Waals surface area contributed by atoms with Crippen LogP contribution < -0.4 is 11.5 Å². The number of hydrogen-bond donors (Lipinski definition) is 2. The maximum Gasteiger partial charge on any atom is 0.180 e. The second kappa shape index (κ2) is 4.25. The van der Waals surface area contributed by atoms with E-state index < -0.39 is 0 Å². The average molecular weight is 212 g/mol. The molecule has 14 heavy (non-hydrogen) atoms. The minimum atomic E-state index is 0.401. The third-order valence-electron chi connectivity index (χ3n) is 2.58. The summed E-state index contributed by atoms with van der Waals surface area (Å²) in [6, 6.07) is 0.401. The summed E-state index contributed by atoms with van der Waals surface area (Å²) in [5.74, 6) is 0. The number of likely N-dealkylation sites (tertiary alicyclic amines) is 1. The van der Waals surface area contributed by atoms with E-state index >= 15 is 0 Å². The normalized spacial score (nSPS) is 20.1. The molecular formula is C9H16N4S. The molecule has 0 radical (unpaired) electrons. The lowest BCUT2D eigenvalue weighted by molar-refractivity contribution is 0.207. The van der Waals surface area contributed by atoms with Crippen molar-refractivity contribution in [1.29, 1.82) is 0 Å². The molecule has 2 rings (SSSR count). The van der Waals surface area contributed by atoms with Crippen molar-refractivity contribution in [3.05, 3.63) is 11.1 Å². The first-order chi connectivity index (χ1) is 6.74. The van der Waals surface area contributed by atoms with E-state index in [0.717, 1.165) is 32.5 Å². The van der Waals surface area contributed by atoms with Gasteiger partial charge in [-0.2, -0.15) is 0 Å². The topological polar surface area (TPSA) is 68.2 Å². The van der Waals surface area contributed by atoms with Crippen molar-refractivity contribution < 1.29 is 0 Å². The Hall–Kier alpha value is -0.650. The van der Waals surface area contributed by atoms with Gasteiger partial charge in [0.05, 0.1) is 0 Å². The molecule has 0 saturated carbocycles. The molecule has 1 fully saturated rings. The molecule has 0 unspecified atom stereocenters. The van der Waals surface area contributed by atoms with Crippen molar-refractivity contribution >= 4 is 16.5 Å². The van der Waals surface area contributed by atoms with Gasteiger partial charge in [0.1, 0.15) is 0 Å². The molecule has 0 bridgehead atoms. The fourth-order valence-corrected chi connectivity index (χ4v) is 2.45. The van der Waals surface area contributed by atoms with Gasteiger partial charge in [0.25, 0.3) is 0 Å². The Morgan fingerprint density at radius 1 is 1.50 bits per heavy atom. The van der Waals surface area contributed by atoms with Crippen LogP contribution in [-0.4, -0.2) is 29.0 Å². The second-order valence-corrected chi connectivity index (χ2v) is 4.93. The van der Waals surface area contributed by atoms with Crippen LogP contribution in [0, 0.1) is 0 Å². The standard InChI is InChI=1S/C9H16N4S/c10-7-1-3-13(4-2-7)6-8-5-12-9(11)14-8/h5,7H,1-4,6,10H2,(H2,11,12). The van der Waals surface area contributed by atoms with Crippen LogP contribution in [0.4, 0.5) is 5.13 Å². The molecule has 0 amide bonds. The van der Waals surface area contributed by atoms with Gasteiger partial charge in [-0.15, -0.1) is 11.3 Å². The molecule has 1 aromatic heterocycles. The Balaban J connectivity index is 1.86. The Labute approximate surface area is 87.9 Å². The van der Waals surface area contributed by atoms with E-state index in [9.17, 15) is 0 Å². The van der Waals surface area contributed by atoms with Gasteiger partial charge < -0.3 is 11.5 Å². The van der Waals surface area contributed by atoms with Gasteiger partial charge in [-0.25, -0.2) is 4.98 Å². The predicted molar refractivity (Wildman–Crippen MR) is 59.0 cm³/mol. The van der Waals surface area contributed by atoms with Crippen molar-refractivity contribution in [1.82, 2.24) is 9.88 Å². The first-order valence-electron chi connectivity index (χ1n) is 4.92. The van der Waals surface area contributed by atoms with E-state index in [-0.39, 0.29) is 0 Å². The number of anilines is 1. The molecule has 0 spiro atoms. The fourth-order valence-electron chi connectivity index (χ4n) is 1.73. The molecule has 0 aliphatic carbocycles. The summed E-state index contributed by atoms with van der Waals surface area (Å²) >= 11 is 1.58. The number of piperidine rings is 1. The number of rotatable bonds is 2. The van der Waals surface area contributed by atoms with Gasteiger partial charge in [-0.3, -0.25) is 4.90 Å². The molecule has 1 aromatic rings. The zero-order valence-corrected chi connectivity index (χ0v) is 8.96. The SMILES string of the molecule is Nc1ncc(CN2CCC(N)CC2)s1. The first-order valence-corrected chi connectivity index (χ1v) is 5.74. The molecule has 5 heteroatoms. The number of nitrogen functional groups attached to an aromatic ring is 1. The van der Waals surface area contributed by atoms with E-state index in [4.69, 9.17) is 11.5 Å². The highest BCUT2D eigenvalue weighted by molar-refractivity contribution is 7.15. The summed E-state index contributed by atoms with van der Waals surface area (Å²) in [5, 5.41) is 0.661. The predicted octanol–water partition coefficient (Wildman–Crippen LogP) is 0.648. The zero-order chi connectivity index (χ0) is 9.97. The highest BCUT2D eigenvalue weighted by Gasteiger charge is 2.16. The highest BCUT2D eigenvalue weighted by Crippen LogP contribution is 2.18. The van der Waals surface area contributed by atoms with Crippen molar-refractivity contribution in [2.24, 2.45) is 5.73 Å². The van der Waals surface area contributed by atoms with Crippen molar-refractivity contribution in [2.75, 3.05) is 18.8 Å². The molecule has 0 atom stereocenters. The molecular weight excluding hydrogens is 196 g/mol. The Kier molecular flexibility index (Phi) is 3.00. The number of nitrogens with zero attached hydrogens (tertiary/aromatic N) is 2. The highest BCUT2D eigenvalue weighted by atomic mass is 32.1. The molecule has 1 aliphatic rings. The largest absolute Gasteiger partial charge is 0.375 e. The van der Waals surface area contributed by atoms with Crippen LogP contribution in [0.1, 0.15) is 17.7 Å². The molecule has 2 heterocycles. The van der Waals surface area contributed by atoms with E-state index in [0.29, 0.717) is 11.2 Å². The van der Waals surface area contributed by atoms with Gasteiger partial charge in [-0.1, -0.05) is 0 Å². The summed E-state index contributed by atoms with van der Waals surface area (Å²) < 4.78 is 0. The maximum absolute atomic E-state index is 5.84. The van der Waals surface area contributed by atoms with Gasteiger partial charge >= 0.3 is 0 Å². The molecule has 78 valence electrons. The van der Waals surface area contributed by atoms with Crippen LogP contribution in [-0.2, 0) is 6.54 Å². The zero-order valence-electron chi connectivity index (χ0n) is 8.15. The first kappa shape index (κ1) is 9.89. The van der Waals surface area contributed by atoms with E-state index in [2.05, 4.69) is 9.88 Å². The molecule has 0 aromatic carbocycles. The second-order valence-electron chi connectivity index (χ2n) is 3.78. The van der Waals surface area contributed by atoms with Gasteiger partial charge in [-0.05, 0) is 25.9 Å². The Morgan fingerprint density at radius 3 is 2.79 bits per heavy atom. The monoisotopic (exact) mass is 212 g/mol. The average Bonchev–Trinajstić information content (AvgIpc) is 2.56. The lowest BCUT2D eigenvalue weighted by Crippen LogP contribution is -2.39. The number of aromatic nitrogens is 1. The smallest absolute Gasteiger partial charge is 0.180 e. The number of hydrogen-bond acceptors (Lipinski definition) is 5. The third kappa shape index (κ3) is 2.43. The summed E-state index contributed by atoms with van der Waals surface area (Å²) in [5.41, 5.74) is 11.4. The lowest BCUT2D eigenvalue weighted by atomic mass is 10.1. The number of thiazole rings is 1. The Morgan fingerprint density at radius 2 is 2.21 bits per heavy atom. The van der Waals surface area contributed by atoms with Crippen molar-refractivity contribution in [3.8, 4) is 0 Å². The minimum absolute atomic E-state index is 0.401. The van der Waals surface area contributed by atoms with Crippen LogP contribution in [0.15, 0.2) is 6.20 Å². The van der Waals surface area contributed by atoms with E-state index in [1.54, 1.807) is 11.3 Å². The molecule has 4 N–H and O–H groups in total. The van der Waals surface area contributed by atoms with E-state index in [1.807, 2.05) is 6.20 Å². The summed E-state index contributed by atoms with van der Waals surface area (Å²) in [7, 11) is 0. The number of nitrogens with two attached hydrogens (primary N) is 2. The lowest BCUT2D eigenvalue weighted by Gasteiger charge is -2.29. The van der Waals surface area contributed by atoms with Gasteiger partial charge in [0.15, 0.2) is 5.13 Å². The van der Waals surface area contributed by atoms with Crippen LogP contribution in [0.3, 0.4) is 0 Å². The van der Waals surface area contributed by atoms with Gasteiger partial charge in [0.2, 0.25) is 0 Å². The third-order valence-corrected chi connectivity index (χ3v) is 3.39. The summed E-state index contributed by atoms with van der Waals surface area (Å²) in [6.45, 7) is 3.17. The van der Waals surface area contributed by atoms with Gasteiger partial charge in [0, 0.05) is 23.7 Å². The van der Waals surface area contributed by atoms with Crippen molar-refractivity contribution in [3.63, 3.8) is 0 Å². The van der Waals surface area contributed by atoms with Crippen molar-refractivity contribution in [2.45, 2.75) is 25.4 Å². The van der Waals surface area contributed by atoms with Crippen LogP contribution >= 0.6 is 11.3 Å². The van der Waals surface area contributed by atoms with Crippen LogP contribution in [0.25, 0.3) is 0 Å². The van der Waals surface area contributed by atoms with Crippen LogP contribution in [0.2, 0.25) is 0 Å². The fraction of sp³-hybridized carbons (Fsp3) is 0.667. The quantitative estimate of drug-likeness (QED) is 0.755. The Bertz CT molecular complexity index is 291.